The van der Waals surface area contributed by atoms with Crippen molar-refractivity contribution in [2.24, 2.45) is 0 Å². The fourth-order valence-electron chi connectivity index (χ4n) is 5.20. The van der Waals surface area contributed by atoms with Crippen molar-refractivity contribution < 1.29 is 46.1 Å². The number of anilines is 1. The van der Waals surface area contributed by atoms with Gasteiger partial charge in [0.25, 0.3) is 11.8 Å². The molecule has 4 atom stereocenters. The summed E-state index contributed by atoms with van der Waals surface area (Å²) in [6.07, 6.45) is -1.02. The molecule has 0 spiro atoms. The normalized spacial score (nSPS) is 13.8. The Morgan fingerprint density at radius 1 is 0.846 bits per heavy atom. The summed E-state index contributed by atoms with van der Waals surface area (Å²) < 4.78 is 70.6. The first kappa shape index (κ1) is 39.9. The molecule has 14 heteroatoms. The second-order valence-corrected chi connectivity index (χ2v) is 14.3. The summed E-state index contributed by atoms with van der Waals surface area (Å²) in [5, 5.41) is 16.9. The Bertz CT molecular complexity index is 1880. The van der Waals surface area contributed by atoms with Crippen molar-refractivity contribution in [1.29, 1.82) is 0 Å². The van der Waals surface area contributed by atoms with E-state index in [2.05, 4.69) is 10.6 Å². The van der Waals surface area contributed by atoms with Gasteiger partial charge in [0.2, 0.25) is 10.0 Å². The van der Waals surface area contributed by atoms with E-state index in [-0.39, 0.29) is 35.6 Å². The van der Waals surface area contributed by atoms with E-state index < -0.39 is 64.4 Å². The fraction of sp³-hybridized carbons (Fsp3) is 0.316. The number of halogens is 2. The average Bonchev–Trinajstić information content (AvgIpc) is 3.12. The van der Waals surface area contributed by atoms with Gasteiger partial charge in [0, 0.05) is 49.9 Å². The smallest absolute Gasteiger partial charge is 0.251 e. The first-order valence-electron chi connectivity index (χ1n) is 16.4. The zero-order chi connectivity index (χ0) is 37.8. The topological polar surface area (TPSA) is 144 Å². The summed E-state index contributed by atoms with van der Waals surface area (Å²) in [7, 11) is -1.08. The van der Waals surface area contributed by atoms with Crippen LogP contribution in [0.1, 0.15) is 51.2 Å². The summed E-state index contributed by atoms with van der Waals surface area (Å²) in [4.78, 5) is 27.3. The van der Waals surface area contributed by atoms with Gasteiger partial charge in [0.05, 0.1) is 49.4 Å². The van der Waals surface area contributed by atoms with E-state index >= 15 is 0 Å². The van der Waals surface area contributed by atoms with E-state index in [4.69, 9.17) is 14.2 Å². The molecule has 3 N–H and O–H groups in total. The first-order chi connectivity index (χ1) is 24.7. The number of ether oxygens (including phenoxy) is 3. The van der Waals surface area contributed by atoms with Crippen LogP contribution in [0, 0.1) is 11.6 Å². The molecule has 278 valence electrons. The minimum atomic E-state index is -3.81. The van der Waals surface area contributed by atoms with Crippen LogP contribution >= 0.6 is 0 Å². The number of aliphatic hydroxyl groups excluding tert-OH is 1. The molecule has 0 aliphatic rings. The molecule has 52 heavy (non-hydrogen) atoms. The second-order valence-electron chi connectivity index (χ2n) is 12.3. The molecule has 0 aromatic heterocycles. The van der Waals surface area contributed by atoms with E-state index in [0.717, 1.165) is 33.8 Å². The van der Waals surface area contributed by atoms with Crippen molar-refractivity contribution in [2.45, 2.75) is 44.2 Å². The second kappa shape index (κ2) is 18.6. The SMILES string of the molecule is CO[C@@H](COCc1ccccc1)C[C@H](O)[C@H](COc1cc(F)cc(F)c1)NC(=O)c1cc(C(=O)N[C@H](C)c2ccccc2)cc(N(C)S(C)(=O)=O)c1. The molecule has 2 amide bonds. The first-order valence-corrected chi connectivity index (χ1v) is 18.3. The number of benzene rings is 4. The van der Waals surface area contributed by atoms with Crippen LogP contribution in [0.25, 0.3) is 0 Å². The molecule has 0 saturated carbocycles. The third-order valence-electron chi connectivity index (χ3n) is 8.25. The van der Waals surface area contributed by atoms with Crippen LogP contribution < -0.4 is 19.7 Å². The van der Waals surface area contributed by atoms with Crippen LogP contribution in [-0.4, -0.2) is 77.2 Å². The molecular formula is C38H43F2N3O8S. The third kappa shape index (κ3) is 11.8. The van der Waals surface area contributed by atoms with Crippen molar-refractivity contribution in [3.63, 3.8) is 0 Å². The summed E-state index contributed by atoms with van der Waals surface area (Å²) >= 11 is 0. The number of hydrogen-bond donors (Lipinski definition) is 3. The Kier molecular flexibility index (Phi) is 14.2. The molecule has 4 aromatic rings. The van der Waals surface area contributed by atoms with E-state index in [1.54, 1.807) is 6.92 Å². The Morgan fingerprint density at radius 2 is 1.42 bits per heavy atom. The number of carbonyl (C=O) groups excluding carboxylic acids is 2. The number of rotatable bonds is 18. The van der Waals surface area contributed by atoms with Crippen molar-refractivity contribution in [3.8, 4) is 5.75 Å². The molecule has 0 heterocycles. The van der Waals surface area contributed by atoms with Gasteiger partial charge in [-0.3, -0.25) is 13.9 Å². The number of nitrogens with one attached hydrogen (secondary N) is 2. The maximum Gasteiger partial charge on any atom is 0.251 e. The summed E-state index contributed by atoms with van der Waals surface area (Å²) in [5.41, 5.74) is 1.69. The Morgan fingerprint density at radius 3 is 2.00 bits per heavy atom. The maximum absolute atomic E-state index is 13.9. The van der Waals surface area contributed by atoms with Gasteiger partial charge in [-0.1, -0.05) is 60.7 Å². The minimum absolute atomic E-state index is 0.000438. The highest BCUT2D eigenvalue weighted by atomic mass is 32.2. The number of aliphatic hydroxyl groups is 1. The van der Waals surface area contributed by atoms with E-state index in [0.29, 0.717) is 12.7 Å². The maximum atomic E-state index is 13.9. The molecule has 0 aliphatic heterocycles. The standard InChI is InChI=1S/C38H43F2N3O8S/c1-25(27-13-9-6-10-14-27)41-37(45)28-15-29(17-32(16-28)43(2)52(4,47)48)38(46)42-35(24-51-33-19-30(39)18-31(40)20-33)36(44)21-34(49-3)23-50-22-26-11-7-5-8-12-26/h5-20,25,34-36,44H,21-24H2,1-4H3,(H,41,45)(H,42,46)/t25-,34-,35+,36+/m1/s1. The summed E-state index contributed by atoms with van der Waals surface area (Å²) in [5.74, 6) is -3.31. The molecule has 0 radical (unpaired) electrons. The largest absolute Gasteiger partial charge is 0.491 e. The molecule has 4 rings (SSSR count). The van der Waals surface area contributed by atoms with Gasteiger partial charge in [-0.2, -0.15) is 0 Å². The Labute approximate surface area is 302 Å². The van der Waals surface area contributed by atoms with Gasteiger partial charge in [-0.05, 0) is 36.2 Å². The monoisotopic (exact) mass is 739 g/mol. The minimum Gasteiger partial charge on any atom is -0.491 e. The number of methoxy groups -OCH3 is 1. The number of amides is 2. The van der Waals surface area contributed by atoms with Crippen molar-refractivity contribution >= 4 is 27.5 Å². The van der Waals surface area contributed by atoms with Crippen molar-refractivity contribution in [2.75, 3.05) is 37.9 Å². The molecule has 0 fully saturated rings. The quantitative estimate of drug-likeness (QED) is 0.129. The van der Waals surface area contributed by atoms with Gasteiger partial charge >= 0.3 is 0 Å². The van der Waals surface area contributed by atoms with E-state index in [9.17, 15) is 31.9 Å². The molecular weight excluding hydrogens is 696 g/mol. The molecule has 0 unspecified atom stereocenters. The predicted octanol–water partition coefficient (Wildman–Crippen LogP) is 5.01. The van der Waals surface area contributed by atoms with Crippen LogP contribution in [0.15, 0.2) is 97.1 Å². The van der Waals surface area contributed by atoms with Gasteiger partial charge in [-0.15, -0.1) is 0 Å². The molecule has 4 aromatic carbocycles. The summed E-state index contributed by atoms with van der Waals surface area (Å²) in [6.45, 7) is 1.74. The van der Waals surface area contributed by atoms with Gasteiger partial charge < -0.3 is 30.0 Å². The number of carbonyl (C=O) groups is 2. The lowest BCUT2D eigenvalue weighted by Crippen LogP contribution is -2.48. The highest BCUT2D eigenvalue weighted by Crippen LogP contribution is 2.23. The zero-order valence-corrected chi connectivity index (χ0v) is 30.1. The number of nitrogens with zero attached hydrogens (tertiary/aromatic N) is 1. The van der Waals surface area contributed by atoms with Crippen molar-refractivity contribution in [3.05, 3.63) is 131 Å². The highest BCUT2D eigenvalue weighted by molar-refractivity contribution is 7.92. The van der Waals surface area contributed by atoms with Gasteiger partial charge in [0.15, 0.2) is 0 Å². The lowest BCUT2D eigenvalue weighted by Gasteiger charge is -2.27. The molecule has 0 bridgehead atoms. The predicted molar refractivity (Wildman–Crippen MR) is 193 cm³/mol. The van der Waals surface area contributed by atoms with Crippen LogP contribution in [0.3, 0.4) is 0 Å². The Hall–Kier alpha value is -4.89. The van der Waals surface area contributed by atoms with Crippen LogP contribution in [0.2, 0.25) is 0 Å². The summed E-state index contributed by atoms with van der Waals surface area (Å²) in [6, 6.07) is 23.5. The Balaban J connectivity index is 1.58. The van der Waals surface area contributed by atoms with Crippen molar-refractivity contribution in [1.82, 2.24) is 10.6 Å². The van der Waals surface area contributed by atoms with Gasteiger partial charge in [-0.25, -0.2) is 17.2 Å². The van der Waals surface area contributed by atoms with Crippen LogP contribution in [0.4, 0.5) is 14.5 Å². The van der Waals surface area contributed by atoms with E-state index in [1.165, 1.54) is 32.4 Å². The zero-order valence-electron chi connectivity index (χ0n) is 29.3. The number of sulfonamides is 1. The number of hydrogen-bond acceptors (Lipinski definition) is 8. The van der Waals surface area contributed by atoms with Crippen LogP contribution in [0.5, 0.6) is 5.75 Å². The highest BCUT2D eigenvalue weighted by Gasteiger charge is 2.28. The lowest BCUT2D eigenvalue weighted by molar-refractivity contribution is -0.0311. The fourth-order valence-corrected chi connectivity index (χ4v) is 5.69. The molecule has 11 nitrogen and oxygen atoms in total. The lowest BCUT2D eigenvalue weighted by atomic mass is 10.0. The average molecular weight is 740 g/mol. The van der Waals surface area contributed by atoms with E-state index in [1.807, 2.05) is 60.7 Å². The third-order valence-corrected chi connectivity index (χ3v) is 9.46. The molecule has 0 saturated heterocycles. The van der Waals surface area contributed by atoms with Gasteiger partial charge in [0.1, 0.15) is 24.0 Å². The molecule has 0 aliphatic carbocycles. The van der Waals surface area contributed by atoms with Crippen LogP contribution in [-0.2, 0) is 26.1 Å².